The van der Waals surface area contributed by atoms with E-state index in [0.717, 1.165) is 28.0 Å². The molecule has 1 saturated heterocycles. The molecule has 39 heavy (non-hydrogen) atoms. The van der Waals surface area contributed by atoms with Gasteiger partial charge in [0.05, 0.1) is 12.3 Å². The predicted molar refractivity (Wildman–Crippen MR) is 154 cm³/mol. The number of aliphatic hydroxyl groups is 1. The van der Waals surface area contributed by atoms with Crippen LogP contribution in [0.15, 0.2) is 78.2 Å². The van der Waals surface area contributed by atoms with Gasteiger partial charge in [-0.2, -0.15) is 0 Å². The highest BCUT2D eigenvalue weighted by atomic mass is 16.3. The minimum Gasteiger partial charge on any atom is -0.392 e. The summed E-state index contributed by atoms with van der Waals surface area (Å²) in [4.78, 5) is 32.3. The van der Waals surface area contributed by atoms with Crippen LogP contribution in [-0.2, 0) is 17.8 Å². The summed E-state index contributed by atoms with van der Waals surface area (Å²) in [7, 11) is 1.81. The van der Waals surface area contributed by atoms with E-state index in [2.05, 4.69) is 35.1 Å². The summed E-state index contributed by atoms with van der Waals surface area (Å²) in [5.74, 6) is 1.49. The van der Waals surface area contributed by atoms with Gasteiger partial charge in [0.15, 0.2) is 0 Å². The third kappa shape index (κ3) is 4.63. The van der Waals surface area contributed by atoms with E-state index in [1.807, 2.05) is 43.4 Å². The van der Waals surface area contributed by atoms with Crippen molar-refractivity contribution in [2.75, 3.05) is 25.5 Å². The molecule has 0 bridgehead atoms. The number of nitrogens with zero attached hydrogens (tertiary/aromatic N) is 3. The fourth-order valence-electron chi connectivity index (χ4n) is 5.73. The highest BCUT2D eigenvalue weighted by Crippen LogP contribution is 2.41. The molecule has 6 rings (SSSR count). The number of carbonyl (C=O) groups is 1. The Balaban J connectivity index is 1.50. The number of anilines is 1. The molecule has 0 atom stereocenters. The predicted octanol–water partition coefficient (Wildman–Crippen LogP) is 4.65. The lowest BCUT2D eigenvalue weighted by atomic mass is 9.92. The van der Waals surface area contributed by atoms with E-state index in [1.54, 1.807) is 15.7 Å². The van der Waals surface area contributed by atoms with Crippen LogP contribution in [0.4, 0.5) is 5.82 Å². The van der Waals surface area contributed by atoms with E-state index >= 15 is 0 Å². The van der Waals surface area contributed by atoms with Gasteiger partial charge in [0, 0.05) is 43.0 Å². The molecule has 2 aliphatic rings. The molecule has 1 aliphatic heterocycles. The highest BCUT2D eigenvalue weighted by Gasteiger charge is 2.31. The number of pyridine rings is 2. The summed E-state index contributed by atoms with van der Waals surface area (Å²) in [6.45, 7) is 4.64. The molecule has 2 aromatic carbocycles. The van der Waals surface area contributed by atoms with Crippen LogP contribution in [0.25, 0.3) is 27.6 Å². The fraction of sp³-hybridized carbons (Fsp3) is 0.281. The number of hydrogen-bond acceptors (Lipinski definition) is 5. The molecule has 1 aliphatic carbocycles. The number of aromatic nitrogens is 2. The van der Waals surface area contributed by atoms with Crippen LogP contribution >= 0.6 is 0 Å². The van der Waals surface area contributed by atoms with E-state index in [1.165, 1.54) is 24.5 Å². The summed E-state index contributed by atoms with van der Waals surface area (Å²) >= 11 is 0. The van der Waals surface area contributed by atoms with Crippen molar-refractivity contribution >= 4 is 22.5 Å². The lowest BCUT2D eigenvalue weighted by Gasteiger charge is -2.39. The van der Waals surface area contributed by atoms with Crippen molar-refractivity contribution in [3.05, 3.63) is 101 Å². The second kappa shape index (κ2) is 10.2. The maximum atomic E-state index is 14.2. The van der Waals surface area contributed by atoms with Gasteiger partial charge in [-0.1, -0.05) is 30.8 Å². The summed E-state index contributed by atoms with van der Waals surface area (Å²) in [6, 6.07) is 17.9. The smallest absolute Gasteiger partial charge is 0.263 e. The third-order valence-electron chi connectivity index (χ3n) is 7.99. The Morgan fingerprint density at radius 2 is 1.97 bits per heavy atom. The van der Waals surface area contributed by atoms with Crippen molar-refractivity contribution in [1.82, 2.24) is 14.5 Å². The molecule has 7 nitrogen and oxygen atoms in total. The molecule has 4 aromatic rings. The van der Waals surface area contributed by atoms with E-state index in [9.17, 15) is 14.7 Å². The molecule has 1 amide bonds. The zero-order valence-electron chi connectivity index (χ0n) is 22.1. The zero-order chi connectivity index (χ0) is 27.1. The van der Waals surface area contributed by atoms with Gasteiger partial charge in [-0.25, -0.2) is 4.98 Å². The fourth-order valence-corrected chi connectivity index (χ4v) is 5.73. The van der Waals surface area contributed by atoms with Gasteiger partial charge in [-0.15, -0.1) is 0 Å². The molecule has 2 aromatic heterocycles. The zero-order valence-corrected chi connectivity index (χ0v) is 22.1. The van der Waals surface area contributed by atoms with Gasteiger partial charge in [0.25, 0.3) is 5.56 Å². The number of fused-ring (bicyclic) bond motifs is 1. The van der Waals surface area contributed by atoms with Crippen molar-refractivity contribution in [2.45, 2.75) is 31.8 Å². The number of nitrogens with one attached hydrogen (secondary N) is 1. The monoisotopic (exact) mass is 520 g/mol. The molecule has 0 radical (unpaired) electrons. The third-order valence-corrected chi connectivity index (χ3v) is 7.99. The highest BCUT2D eigenvalue weighted by molar-refractivity contribution is 5.87. The van der Waals surface area contributed by atoms with E-state index < -0.39 is 0 Å². The normalized spacial score (nSPS) is 15.3. The first-order chi connectivity index (χ1) is 19.0. The van der Waals surface area contributed by atoms with Crippen LogP contribution in [-0.4, -0.2) is 45.6 Å². The SMILES string of the molecule is C=CC(=O)N1CC(Cc2cc3cc(C4CC4)ccc3c(=O)n2-c2cccc(-c3ccnc(NC)c3)c2CO)C1. The second-order valence-corrected chi connectivity index (χ2v) is 10.6. The Morgan fingerprint density at radius 1 is 1.15 bits per heavy atom. The number of rotatable bonds is 8. The molecule has 2 N–H and O–H groups in total. The standard InChI is InChI=1S/C32H32N4O3/c1-3-31(38)35-17-20(18-35)13-25-15-24-14-22(21-7-8-21)9-10-27(24)32(39)36(25)29-6-4-5-26(28(29)19-37)23-11-12-34-30(16-23)33-2/h3-6,9-12,14-16,20-21,37H,1,7-8,13,17-19H2,2H3,(H,33,34). The molecule has 7 heteroatoms. The minimum absolute atomic E-state index is 0.0650. The Hall–Kier alpha value is -4.23. The van der Waals surface area contributed by atoms with Crippen molar-refractivity contribution < 1.29 is 9.90 Å². The Bertz CT molecular complexity index is 1650. The molecule has 198 valence electrons. The summed E-state index contributed by atoms with van der Waals surface area (Å²) < 4.78 is 1.77. The molecule has 0 unspecified atom stereocenters. The van der Waals surface area contributed by atoms with E-state index in [4.69, 9.17) is 0 Å². The first-order valence-corrected chi connectivity index (χ1v) is 13.5. The summed E-state index contributed by atoms with van der Waals surface area (Å²) in [5.41, 5.74) is 5.18. The Labute approximate surface area is 227 Å². The van der Waals surface area contributed by atoms with E-state index in [0.29, 0.717) is 42.1 Å². The summed E-state index contributed by atoms with van der Waals surface area (Å²) in [5, 5.41) is 15.3. The van der Waals surface area contributed by atoms with Crippen LogP contribution in [0.1, 0.15) is 35.6 Å². The average Bonchev–Trinajstić information content (AvgIpc) is 3.79. The molecule has 2 fully saturated rings. The van der Waals surface area contributed by atoms with E-state index in [-0.39, 0.29) is 24.0 Å². The number of hydrogen-bond donors (Lipinski definition) is 2. The van der Waals surface area contributed by atoms with Gasteiger partial charge < -0.3 is 15.3 Å². The van der Waals surface area contributed by atoms with Crippen molar-refractivity contribution in [1.29, 1.82) is 0 Å². The lowest BCUT2D eigenvalue weighted by Crippen LogP contribution is -2.50. The minimum atomic E-state index is -0.224. The largest absolute Gasteiger partial charge is 0.392 e. The molecule has 1 saturated carbocycles. The van der Waals surface area contributed by atoms with Gasteiger partial charge in [0.1, 0.15) is 5.82 Å². The van der Waals surface area contributed by atoms with Gasteiger partial charge in [-0.3, -0.25) is 14.2 Å². The number of carbonyl (C=O) groups excluding carboxylic acids is 1. The summed E-state index contributed by atoms with van der Waals surface area (Å²) in [6.07, 6.45) is 6.11. The number of likely N-dealkylation sites (tertiary alicyclic amines) is 1. The first-order valence-electron chi connectivity index (χ1n) is 13.5. The van der Waals surface area contributed by atoms with Crippen LogP contribution < -0.4 is 10.9 Å². The van der Waals surface area contributed by atoms with Gasteiger partial charge >= 0.3 is 0 Å². The maximum absolute atomic E-state index is 14.2. The Kier molecular flexibility index (Phi) is 6.53. The second-order valence-electron chi connectivity index (χ2n) is 10.6. The van der Waals surface area contributed by atoms with Crippen LogP contribution in [0.3, 0.4) is 0 Å². The molecule has 3 heterocycles. The van der Waals surface area contributed by atoms with Crippen LogP contribution in [0.5, 0.6) is 0 Å². The van der Waals surface area contributed by atoms with Crippen molar-refractivity contribution in [3.8, 4) is 16.8 Å². The maximum Gasteiger partial charge on any atom is 0.263 e. The topological polar surface area (TPSA) is 87.5 Å². The van der Waals surface area contributed by atoms with Gasteiger partial charge in [-0.05, 0) is 89.6 Å². The molecular formula is C32H32N4O3. The van der Waals surface area contributed by atoms with Crippen molar-refractivity contribution in [3.63, 3.8) is 0 Å². The number of amides is 1. The Morgan fingerprint density at radius 3 is 2.69 bits per heavy atom. The quantitative estimate of drug-likeness (QED) is 0.330. The number of aliphatic hydroxyl groups excluding tert-OH is 1. The van der Waals surface area contributed by atoms with Crippen molar-refractivity contribution in [2.24, 2.45) is 5.92 Å². The van der Waals surface area contributed by atoms with Crippen LogP contribution in [0.2, 0.25) is 0 Å². The number of benzene rings is 2. The lowest BCUT2D eigenvalue weighted by molar-refractivity contribution is -0.132. The van der Waals surface area contributed by atoms with Crippen LogP contribution in [0, 0.1) is 5.92 Å². The molecular weight excluding hydrogens is 488 g/mol. The van der Waals surface area contributed by atoms with Gasteiger partial charge in [0.2, 0.25) is 5.91 Å². The molecule has 0 spiro atoms. The average molecular weight is 521 g/mol. The first kappa shape index (κ1) is 25.1.